The summed E-state index contributed by atoms with van der Waals surface area (Å²) in [6.07, 6.45) is 1.52. The number of nitrogens with one attached hydrogen (secondary N) is 1. The lowest BCUT2D eigenvalue weighted by molar-refractivity contribution is -0.118. The number of fused-ring (bicyclic) bond motifs is 1. The Balaban J connectivity index is 1.45. The molecule has 0 spiro atoms. The quantitative estimate of drug-likeness (QED) is 0.445. The van der Waals surface area contributed by atoms with Gasteiger partial charge in [-0.3, -0.25) is 4.79 Å². The molecule has 0 unspecified atom stereocenters. The van der Waals surface area contributed by atoms with Crippen molar-refractivity contribution in [3.8, 4) is 17.0 Å². The zero-order chi connectivity index (χ0) is 20.4. The summed E-state index contributed by atoms with van der Waals surface area (Å²) in [5, 5.41) is 15.8. The molecule has 0 aliphatic carbocycles. The van der Waals surface area contributed by atoms with E-state index in [1.54, 1.807) is 10.6 Å². The Morgan fingerprint density at radius 3 is 2.72 bits per heavy atom. The lowest BCUT2D eigenvalue weighted by Gasteiger charge is -2.10. The van der Waals surface area contributed by atoms with Crippen molar-refractivity contribution in [1.82, 2.24) is 19.8 Å². The van der Waals surface area contributed by atoms with Gasteiger partial charge in [-0.2, -0.15) is 9.61 Å². The van der Waals surface area contributed by atoms with Gasteiger partial charge < -0.3 is 10.1 Å². The molecule has 29 heavy (non-hydrogen) atoms. The molecule has 0 aliphatic rings. The molecule has 0 saturated heterocycles. The molecule has 0 aliphatic heterocycles. The Hall–Kier alpha value is -2.87. The van der Waals surface area contributed by atoms with Crippen LogP contribution in [0.25, 0.3) is 16.9 Å². The Morgan fingerprint density at radius 1 is 1.03 bits per heavy atom. The Bertz CT molecular complexity index is 1210. The highest BCUT2D eigenvalue weighted by molar-refractivity contribution is 6.43. The van der Waals surface area contributed by atoms with E-state index in [-0.39, 0.29) is 28.3 Å². The van der Waals surface area contributed by atoms with Gasteiger partial charge in [0, 0.05) is 17.3 Å². The van der Waals surface area contributed by atoms with Gasteiger partial charge in [0.05, 0.1) is 20.8 Å². The summed E-state index contributed by atoms with van der Waals surface area (Å²) in [5.41, 5.74) is 2.79. The zero-order valence-corrected chi connectivity index (χ0v) is 16.9. The van der Waals surface area contributed by atoms with Crippen molar-refractivity contribution in [3.05, 3.63) is 69.9 Å². The molecule has 1 amide bonds. The largest absolute Gasteiger partial charge is 0.482 e. The lowest BCUT2D eigenvalue weighted by Crippen LogP contribution is -2.20. The van der Waals surface area contributed by atoms with Crippen molar-refractivity contribution >= 4 is 52.0 Å². The van der Waals surface area contributed by atoms with Crippen LogP contribution >= 0.6 is 34.8 Å². The fraction of sp³-hybridized carbons (Fsp3) is 0.0526. The van der Waals surface area contributed by atoms with Crippen molar-refractivity contribution in [3.63, 3.8) is 0 Å². The lowest BCUT2D eigenvalue weighted by atomic mass is 10.1. The van der Waals surface area contributed by atoms with Gasteiger partial charge in [0.2, 0.25) is 0 Å². The number of hydrogen-bond donors (Lipinski definition) is 1. The number of carbonyl (C=O) groups excluding carboxylic acids is 1. The maximum Gasteiger partial charge on any atom is 0.262 e. The summed E-state index contributed by atoms with van der Waals surface area (Å²) >= 11 is 17.9. The zero-order valence-electron chi connectivity index (χ0n) is 14.6. The van der Waals surface area contributed by atoms with E-state index in [0.29, 0.717) is 22.1 Å². The molecule has 4 rings (SSSR count). The maximum absolute atomic E-state index is 12.3. The van der Waals surface area contributed by atoms with Gasteiger partial charge >= 0.3 is 0 Å². The standard InChI is InChI=1S/C19H12Cl3N5O2/c20-13-7-15(22)17(8-14(13)21)29-9-19(28)24-12-3-1-2-11(6-12)16-4-5-18-25-23-10-27(18)26-16/h1-8,10H,9H2,(H,24,28). The monoisotopic (exact) mass is 447 g/mol. The third-order valence-electron chi connectivity index (χ3n) is 3.94. The molecular formula is C19H12Cl3N5O2. The molecule has 2 heterocycles. The van der Waals surface area contributed by atoms with E-state index in [0.717, 1.165) is 5.56 Å². The minimum Gasteiger partial charge on any atom is -0.482 e. The molecule has 2 aromatic carbocycles. The molecule has 0 bridgehead atoms. The first-order valence-electron chi connectivity index (χ1n) is 8.34. The first-order chi connectivity index (χ1) is 14.0. The number of amides is 1. The first kappa shape index (κ1) is 19.4. The number of rotatable bonds is 5. The summed E-state index contributed by atoms with van der Waals surface area (Å²) < 4.78 is 7.02. The van der Waals surface area contributed by atoms with Crippen LogP contribution in [0.5, 0.6) is 5.75 Å². The minimum atomic E-state index is -0.355. The topological polar surface area (TPSA) is 81.4 Å². The highest BCUT2D eigenvalue weighted by Crippen LogP contribution is 2.33. The first-order valence-corrected chi connectivity index (χ1v) is 9.48. The molecule has 4 aromatic rings. The number of aromatic nitrogens is 4. The average molecular weight is 449 g/mol. The van der Waals surface area contributed by atoms with Crippen molar-refractivity contribution in [2.75, 3.05) is 11.9 Å². The van der Waals surface area contributed by atoms with Crippen LogP contribution in [0.1, 0.15) is 0 Å². The smallest absolute Gasteiger partial charge is 0.262 e. The van der Waals surface area contributed by atoms with Crippen LogP contribution in [0.15, 0.2) is 54.9 Å². The predicted octanol–water partition coefficient (Wildman–Crippen LogP) is 4.77. The minimum absolute atomic E-state index is 0.243. The molecule has 0 fully saturated rings. The number of nitrogens with zero attached hydrogens (tertiary/aromatic N) is 4. The van der Waals surface area contributed by atoms with Crippen LogP contribution in [0, 0.1) is 0 Å². The molecule has 7 nitrogen and oxygen atoms in total. The second-order valence-corrected chi connectivity index (χ2v) is 7.19. The van der Waals surface area contributed by atoms with Gasteiger partial charge in [-0.15, -0.1) is 10.2 Å². The predicted molar refractivity (Wildman–Crippen MR) is 112 cm³/mol. The number of ether oxygens (including phenoxy) is 1. The second kappa shape index (κ2) is 8.24. The fourth-order valence-electron chi connectivity index (χ4n) is 2.59. The van der Waals surface area contributed by atoms with E-state index >= 15 is 0 Å². The van der Waals surface area contributed by atoms with E-state index in [2.05, 4.69) is 20.6 Å². The highest BCUT2D eigenvalue weighted by Gasteiger charge is 2.11. The molecule has 0 saturated carbocycles. The maximum atomic E-state index is 12.3. The van der Waals surface area contributed by atoms with Gasteiger partial charge in [-0.05, 0) is 30.3 Å². The van der Waals surface area contributed by atoms with Crippen LogP contribution < -0.4 is 10.1 Å². The fourth-order valence-corrected chi connectivity index (χ4v) is 3.19. The average Bonchev–Trinajstić information content (AvgIpc) is 3.18. The van der Waals surface area contributed by atoms with Crippen molar-refractivity contribution in [2.45, 2.75) is 0 Å². The molecule has 10 heteroatoms. The van der Waals surface area contributed by atoms with E-state index in [9.17, 15) is 4.79 Å². The van der Waals surface area contributed by atoms with Crippen LogP contribution in [-0.2, 0) is 4.79 Å². The molecule has 1 N–H and O–H groups in total. The van der Waals surface area contributed by atoms with Gasteiger partial charge in [-0.1, -0.05) is 46.9 Å². The van der Waals surface area contributed by atoms with Crippen LogP contribution in [0.4, 0.5) is 5.69 Å². The normalized spacial score (nSPS) is 10.9. The SMILES string of the molecule is O=C(COc1cc(Cl)c(Cl)cc1Cl)Nc1cccc(-c2ccc3nncn3n2)c1. The van der Waals surface area contributed by atoms with E-state index < -0.39 is 0 Å². The summed E-state index contributed by atoms with van der Waals surface area (Å²) in [7, 11) is 0. The summed E-state index contributed by atoms with van der Waals surface area (Å²) in [6, 6.07) is 13.9. The van der Waals surface area contributed by atoms with Gasteiger partial charge in [0.1, 0.15) is 12.1 Å². The van der Waals surface area contributed by atoms with Gasteiger partial charge in [-0.25, -0.2) is 0 Å². The third-order valence-corrected chi connectivity index (χ3v) is 4.95. The van der Waals surface area contributed by atoms with Gasteiger partial charge in [0.25, 0.3) is 5.91 Å². The molecular weight excluding hydrogens is 437 g/mol. The summed E-state index contributed by atoms with van der Waals surface area (Å²) in [5.74, 6) is -0.0806. The molecule has 0 atom stereocenters. The van der Waals surface area contributed by atoms with E-state index in [1.165, 1.54) is 18.5 Å². The van der Waals surface area contributed by atoms with Gasteiger partial charge in [0.15, 0.2) is 12.3 Å². The third kappa shape index (κ3) is 4.42. The number of halogens is 3. The summed E-state index contributed by atoms with van der Waals surface area (Å²) in [4.78, 5) is 12.3. The number of carbonyl (C=O) groups is 1. The van der Waals surface area contributed by atoms with Crippen LogP contribution in [0.2, 0.25) is 15.1 Å². The number of anilines is 1. The Labute approximate surface area is 180 Å². The van der Waals surface area contributed by atoms with Crippen molar-refractivity contribution in [2.24, 2.45) is 0 Å². The van der Waals surface area contributed by atoms with E-state index in [1.807, 2.05) is 30.3 Å². The van der Waals surface area contributed by atoms with E-state index in [4.69, 9.17) is 39.5 Å². The highest BCUT2D eigenvalue weighted by atomic mass is 35.5. The second-order valence-electron chi connectivity index (χ2n) is 5.97. The van der Waals surface area contributed by atoms with Crippen LogP contribution in [0.3, 0.4) is 0 Å². The summed E-state index contributed by atoms with van der Waals surface area (Å²) in [6.45, 7) is -0.243. The Kier molecular flexibility index (Phi) is 5.53. The number of benzene rings is 2. The molecule has 146 valence electrons. The number of hydrogen-bond acceptors (Lipinski definition) is 5. The molecule has 0 radical (unpaired) electrons. The van der Waals surface area contributed by atoms with Crippen LogP contribution in [-0.4, -0.2) is 32.3 Å². The molecule has 2 aromatic heterocycles. The van der Waals surface area contributed by atoms with Crippen molar-refractivity contribution in [1.29, 1.82) is 0 Å². The van der Waals surface area contributed by atoms with Crippen molar-refractivity contribution < 1.29 is 9.53 Å². The Morgan fingerprint density at radius 2 is 1.86 bits per heavy atom.